The number of amides is 2. The molecule has 0 bridgehead atoms. The minimum Gasteiger partial charge on any atom is -0.352 e. The molecule has 3 rings (SSSR count). The van der Waals surface area contributed by atoms with E-state index >= 15 is 0 Å². The molecule has 0 radical (unpaired) electrons. The molecule has 0 saturated carbocycles. The van der Waals surface area contributed by atoms with E-state index in [4.69, 9.17) is 5.10 Å². The first-order chi connectivity index (χ1) is 13.9. The maximum absolute atomic E-state index is 12.7. The van der Waals surface area contributed by atoms with Crippen molar-refractivity contribution in [1.82, 2.24) is 24.9 Å². The second kappa shape index (κ2) is 9.22. The number of aromatic nitrogens is 2. The number of rotatable bonds is 6. The van der Waals surface area contributed by atoms with E-state index in [9.17, 15) is 9.59 Å². The fourth-order valence-electron chi connectivity index (χ4n) is 3.94. The van der Waals surface area contributed by atoms with Crippen LogP contribution >= 0.6 is 0 Å². The van der Waals surface area contributed by atoms with Crippen LogP contribution in [-0.2, 0) is 4.79 Å². The molecule has 1 aromatic carbocycles. The summed E-state index contributed by atoms with van der Waals surface area (Å²) in [5.74, 6) is 0.118. The van der Waals surface area contributed by atoms with Crippen LogP contribution < -0.4 is 5.32 Å². The Morgan fingerprint density at radius 2 is 2.00 bits per heavy atom. The summed E-state index contributed by atoms with van der Waals surface area (Å²) in [4.78, 5) is 29.0. The summed E-state index contributed by atoms with van der Waals surface area (Å²) in [5, 5.41) is 7.72. The van der Waals surface area contributed by atoms with Gasteiger partial charge >= 0.3 is 0 Å². The van der Waals surface area contributed by atoms with Gasteiger partial charge in [-0.05, 0) is 45.4 Å². The van der Waals surface area contributed by atoms with E-state index in [-0.39, 0.29) is 23.8 Å². The molecule has 7 heteroatoms. The van der Waals surface area contributed by atoms with Crippen LogP contribution in [0.5, 0.6) is 0 Å². The number of hydrogen-bond donors (Lipinski definition) is 1. The Hall–Kier alpha value is -2.67. The van der Waals surface area contributed by atoms with Crippen molar-refractivity contribution in [2.45, 2.75) is 38.6 Å². The first-order valence-electron chi connectivity index (χ1n) is 10.3. The number of benzene rings is 1. The normalized spacial score (nSPS) is 18.3. The van der Waals surface area contributed by atoms with Crippen LogP contribution in [0.4, 0.5) is 0 Å². The fraction of sp³-hybridized carbons (Fsp3) is 0.500. The second-order valence-corrected chi connectivity index (χ2v) is 7.81. The predicted octanol–water partition coefficient (Wildman–Crippen LogP) is 2.28. The van der Waals surface area contributed by atoms with Gasteiger partial charge in [0.25, 0.3) is 5.91 Å². The molecular weight excluding hydrogens is 366 g/mol. The van der Waals surface area contributed by atoms with Crippen LogP contribution in [0.1, 0.15) is 48.7 Å². The molecule has 156 valence electrons. The third-order valence-corrected chi connectivity index (χ3v) is 5.53. The Labute approximate surface area is 172 Å². The highest BCUT2D eigenvalue weighted by Gasteiger charge is 2.32. The average molecular weight is 398 g/mol. The van der Waals surface area contributed by atoms with Crippen LogP contribution in [0.3, 0.4) is 0 Å². The number of carbonyl (C=O) groups is 2. The summed E-state index contributed by atoms with van der Waals surface area (Å²) in [6.45, 7) is 6.04. The summed E-state index contributed by atoms with van der Waals surface area (Å²) in [6, 6.07) is 9.64. The summed E-state index contributed by atoms with van der Waals surface area (Å²) in [5.41, 5.74) is 2.36. The summed E-state index contributed by atoms with van der Waals surface area (Å²) >= 11 is 0. The van der Waals surface area contributed by atoms with Gasteiger partial charge in [-0.25, -0.2) is 4.68 Å². The standard InChI is InChI=1S/C22H31N5O2/c1-5-23-21(28)19-15-27(18-11-7-6-8-12-18)24-20(19)17-10-9-13-26(14-17)16(2)22(29)25(3)4/h6-8,11-12,15-17H,5,9-10,13-14H2,1-4H3,(H,23,28)/t16-,17-/m0/s1. The van der Waals surface area contributed by atoms with Crippen LogP contribution in [0.25, 0.3) is 5.69 Å². The number of carbonyl (C=O) groups excluding carboxylic acids is 2. The number of piperidine rings is 1. The third kappa shape index (κ3) is 4.67. The van der Waals surface area contributed by atoms with E-state index in [0.29, 0.717) is 12.1 Å². The molecule has 1 aliphatic rings. The lowest BCUT2D eigenvalue weighted by Gasteiger charge is -2.36. The van der Waals surface area contributed by atoms with Gasteiger partial charge in [0, 0.05) is 39.3 Å². The van der Waals surface area contributed by atoms with Crippen molar-refractivity contribution >= 4 is 11.8 Å². The molecule has 2 atom stereocenters. The summed E-state index contributed by atoms with van der Waals surface area (Å²) < 4.78 is 1.78. The highest BCUT2D eigenvalue weighted by atomic mass is 16.2. The van der Waals surface area contributed by atoms with Crippen molar-refractivity contribution < 1.29 is 9.59 Å². The quantitative estimate of drug-likeness (QED) is 0.812. The number of hydrogen-bond acceptors (Lipinski definition) is 4. The zero-order valence-corrected chi connectivity index (χ0v) is 17.8. The van der Waals surface area contributed by atoms with Gasteiger partial charge in [0.1, 0.15) is 0 Å². The van der Waals surface area contributed by atoms with Crippen molar-refractivity contribution in [3.05, 3.63) is 47.8 Å². The Kier molecular flexibility index (Phi) is 6.69. The van der Waals surface area contributed by atoms with Gasteiger partial charge in [0.15, 0.2) is 0 Å². The van der Waals surface area contributed by atoms with E-state index in [0.717, 1.165) is 37.3 Å². The van der Waals surface area contributed by atoms with Crippen LogP contribution in [0, 0.1) is 0 Å². The number of nitrogens with one attached hydrogen (secondary N) is 1. The van der Waals surface area contributed by atoms with Crippen LogP contribution in [0.2, 0.25) is 0 Å². The molecule has 2 aromatic rings. The molecule has 0 unspecified atom stereocenters. The molecule has 1 aromatic heterocycles. The lowest BCUT2D eigenvalue weighted by Crippen LogP contribution is -2.48. The maximum Gasteiger partial charge on any atom is 0.254 e. The third-order valence-electron chi connectivity index (χ3n) is 5.53. The van der Waals surface area contributed by atoms with Gasteiger partial charge < -0.3 is 10.2 Å². The van der Waals surface area contributed by atoms with Crippen molar-refractivity contribution in [3.63, 3.8) is 0 Å². The van der Waals surface area contributed by atoms with Crippen LogP contribution in [-0.4, -0.2) is 71.2 Å². The van der Waals surface area contributed by atoms with Crippen molar-refractivity contribution in [2.75, 3.05) is 33.7 Å². The fourth-order valence-corrected chi connectivity index (χ4v) is 3.94. The minimum absolute atomic E-state index is 0.0979. The van der Waals surface area contributed by atoms with Crippen molar-refractivity contribution in [3.8, 4) is 5.69 Å². The Bertz CT molecular complexity index is 846. The Balaban J connectivity index is 1.90. The topological polar surface area (TPSA) is 70.5 Å². The average Bonchev–Trinajstić information content (AvgIpc) is 3.19. The van der Waals surface area contributed by atoms with Crippen molar-refractivity contribution in [2.24, 2.45) is 0 Å². The largest absolute Gasteiger partial charge is 0.352 e. The molecule has 0 spiro atoms. The van der Waals surface area contributed by atoms with Crippen LogP contribution in [0.15, 0.2) is 36.5 Å². The lowest BCUT2D eigenvalue weighted by atomic mass is 9.91. The van der Waals surface area contributed by atoms with Gasteiger partial charge in [0.05, 0.1) is 23.0 Å². The molecule has 2 heterocycles. The smallest absolute Gasteiger partial charge is 0.254 e. The molecule has 29 heavy (non-hydrogen) atoms. The highest BCUT2D eigenvalue weighted by molar-refractivity contribution is 5.95. The SMILES string of the molecule is CCNC(=O)c1cn(-c2ccccc2)nc1[C@H]1CCCN([C@@H](C)C(=O)N(C)C)C1. The summed E-state index contributed by atoms with van der Waals surface area (Å²) in [7, 11) is 3.57. The first-order valence-corrected chi connectivity index (χ1v) is 10.3. The second-order valence-electron chi connectivity index (χ2n) is 7.81. The van der Waals surface area contributed by atoms with E-state index in [1.807, 2.05) is 50.4 Å². The number of likely N-dealkylation sites (tertiary alicyclic amines) is 1. The van der Waals surface area contributed by atoms with E-state index in [2.05, 4.69) is 10.2 Å². The van der Waals surface area contributed by atoms with Gasteiger partial charge in [-0.3, -0.25) is 14.5 Å². The maximum atomic E-state index is 12.7. The van der Waals surface area contributed by atoms with Gasteiger partial charge in [0.2, 0.25) is 5.91 Å². The molecule has 1 aliphatic heterocycles. The number of nitrogens with zero attached hydrogens (tertiary/aromatic N) is 4. The van der Waals surface area contributed by atoms with Gasteiger partial charge in [-0.1, -0.05) is 18.2 Å². The van der Waals surface area contributed by atoms with Crippen molar-refractivity contribution in [1.29, 1.82) is 0 Å². The van der Waals surface area contributed by atoms with Gasteiger partial charge in [-0.2, -0.15) is 5.10 Å². The molecule has 1 saturated heterocycles. The predicted molar refractivity (Wildman–Crippen MR) is 113 cm³/mol. The highest BCUT2D eigenvalue weighted by Crippen LogP contribution is 2.30. The molecule has 7 nitrogen and oxygen atoms in total. The zero-order valence-electron chi connectivity index (χ0n) is 17.8. The monoisotopic (exact) mass is 397 g/mol. The molecule has 0 aliphatic carbocycles. The molecule has 1 fully saturated rings. The van der Waals surface area contributed by atoms with Gasteiger partial charge in [-0.15, -0.1) is 0 Å². The summed E-state index contributed by atoms with van der Waals surface area (Å²) in [6.07, 6.45) is 3.75. The van der Waals surface area contributed by atoms with E-state index in [1.165, 1.54) is 0 Å². The molecule has 2 amide bonds. The molecule has 1 N–H and O–H groups in total. The zero-order chi connectivity index (χ0) is 21.0. The lowest BCUT2D eigenvalue weighted by molar-refractivity contribution is -0.134. The van der Waals surface area contributed by atoms with E-state index in [1.54, 1.807) is 23.7 Å². The first kappa shape index (κ1) is 21.0. The Morgan fingerprint density at radius 3 is 2.66 bits per heavy atom. The number of likely N-dealkylation sites (N-methyl/N-ethyl adjacent to an activating group) is 1. The van der Waals surface area contributed by atoms with E-state index < -0.39 is 0 Å². The molecular formula is C22H31N5O2. The number of para-hydroxylation sites is 1. The Morgan fingerprint density at radius 1 is 1.28 bits per heavy atom. The minimum atomic E-state index is -0.183.